The molecule has 1 rings (SSSR count). The van der Waals surface area contributed by atoms with E-state index in [9.17, 15) is 9.90 Å². The first-order valence-electron chi connectivity index (χ1n) is 5.51. The Morgan fingerprint density at radius 1 is 1.53 bits per heavy atom. The lowest BCUT2D eigenvalue weighted by molar-refractivity contribution is -0.139. The number of hydrogen-bond donors (Lipinski definition) is 3. The number of phenolic OH excluding ortho intramolecular Hbond substituents is 1. The van der Waals surface area contributed by atoms with E-state index in [1.807, 2.05) is 6.92 Å². The van der Waals surface area contributed by atoms with E-state index < -0.39 is 12.0 Å². The molecule has 0 heterocycles. The Labute approximate surface area is 105 Å². The molecule has 0 aromatic heterocycles. The van der Waals surface area contributed by atoms with Crippen molar-refractivity contribution in [1.29, 1.82) is 0 Å². The van der Waals surface area contributed by atoms with Crippen LogP contribution in [0.3, 0.4) is 0 Å². The second-order valence-electron chi connectivity index (χ2n) is 3.78. The predicted octanol–water partition coefficient (Wildman–Crippen LogP) is 2.56. The Kier molecular flexibility index (Phi) is 5.25. The molecule has 0 bridgehead atoms. The third kappa shape index (κ3) is 3.91. The van der Waals surface area contributed by atoms with Crippen LogP contribution >= 0.6 is 11.6 Å². The number of nitrogens with one attached hydrogen (secondary N) is 1. The minimum atomic E-state index is -1.03. The molecule has 0 amide bonds. The fourth-order valence-electron chi connectivity index (χ4n) is 1.51. The first-order valence-corrected chi connectivity index (χ1v) is 5.88. The fourth-order valence-corrected chi connectivity index (χ4v) is 1.69. The molecule has 3 N–H and O–H groups in total. The van der Waals surface area contributed by atoms with Crippen LogP contribution in [0.15, 0.2) is 18.2 Å². The van der Waals surface area contributed by atoms with Crippen LogP contribution in [0.5, 0.6) is 5.75 Å². The van der Waals surface area contributed by atoms with Gasteiger partial charge in [-0.2, -0.15) is 0 Å². The molecule has 1 atom stereocenters. The van der Waals surface area contributed by atoms with Crippen LogP contribution in [0.1, 0.15) is 31.4 Å². The van der Waals surface area contributed by atoms with Crippen LogP contribution in [0.25, 0.3) is 0 Å². The SMILES string of the molecule is CCCCNC(C(=O)O)c1cc(Cl)ccc1O. The molecule has 0 saturated carbocycles. The average Bonchev–Trinajstić information content (AvgIpc) is 2.28. The van der Waals surface area contributed by atoms with Gasteiger partial charge in [0.1, 0.15) is 11.8 Å². The van der Waals surface area contributed by atoms with Gasteiger partial charge in [0.25, 0.3) is 0 Å². The van der Waals surface area contributed by atoms with Gasteiger partial charge in [0.2, 0.25) is 0 Å². The normalized spacial score (nSPS) is 12.4. The molecule has 0 spiro atoms. The minimum absolute atomic E-state index is 0.0641. The summed E-state index contributed by atoms with van der Waals surface area (Å²) in [5.41, 5.74) is 0.293. The first-order chi connectivity index (χ1) is 8.06. The number of aromatic hydroxyl groups is 1. The highest BCUT2D eigenvalue weighted by Gasteiger charge is 2.22. The minimum Gasteiger partial charge on any atom is -0.508 e. The van der Waals surface area contributed by atoms with E-state index >= 15 is 0 Å². The summed E-state index contributed by atoms with van der Waals surface area (Å²) in [7, 11) is 0. The lowest BCUT2D eigenvalue weighted by Crippen LogP contribution is -2.29. The molecule has 1 aromatic rings. The third-order valence-corrected chi connectivity index (χ3v) is 2.66. The van der Waals surface area contributed by atoms with E-state index in [1.54, 1.807) is 0 Å². The third-order valence-electron chi connectivity index (χ3n) is 2.43. The number of aliphatic carboxylic acids is 1. The van der Waals surface area contributed by atoms with Crippen LogP contribution in [0, 0.1) is 0 Å². The molecule has 0 saturated heterocycles. The van der Waals surface area contributed by atoms with Crippen molar-refractivity contribution >= 4 is 17.6 Å². The van der Waals surface area contributed by atoms with Crippen LogP contribution in [0.2, 0.25) is 5.02 Å². The van der Waals surface area contributed by atoms with Crippen molar-refractivity contribution in [2.75, 3.05) is 6.54 Å². The molecule has 17 heavy (non-hydrogen) atoms. The molecular formula is C12H16ClNO3. The highest BCUT2D eigenvalue weighted by molar-refractivity contribution is 6.30. The molecule has 0 aliphatic carbocycles. The number of phenols is 1. The summed E-state index contributed by atoms with van der Waals surface area (Å²) in [5, 5.41) is 22.1. The van der Waals surface area contributed by atoms with Gasteiger partial charge < -0.3 is 15.5 Å². The Morgan fingerprint density at radius 3 is 2.82 bits per heavy atom. The van der Waals surface area contributed by atoms with Gasteiger partial charge in [-0.15, -0.1) is 0 Å². The van der Waals surface area contributed by atoms with E-state index in [0.29, 0.717) is 17.1 Å². The largest absolute Gasteiger partial charge is 0.508 e. The number of unbranched alkanes of at least 4 members (excludes halogenated alkanes) is 1. The maximum Gasteiger partial charge on any atom is 0.325 e. The van der Waals surface area contributed by atoms with Crippen molar-refractivity contribution in [3.05, 3.63) is 28.8 Å². The first kappa shape index (κ1) is 13.8. The topological polar surface area (TPSA) is 69.6 Å². The molecule has 94 valence electrons. The summed E-state index contributed by atoms with van der Waals surface area (Å²) >= 11 is 5.80. The van der Waals surface area contributed by atoms with Gasteiger partial charge in [-0.05, 0) is 31.2 Å². The average molecular weight is 258 g/mol. The van der Waals surface area contributed by atoms with Crippen molar-refractivity contribution in [2.45, 2.75) is 25.8 Å². The van der Waals surface area contributed by atoms with Crippen LogP contribution in [0.4, 0.5) is 0 Å². The van der Waals surface area contributed by atoms with E-state index in [0.717, 1.165) is 12.8 Å². The quantitative estimate of drug-likeness (QED) is 0.685. The molecular weight excluding hydrogens is 242 g/mol. The van der Waals surface area contributed by atoms with Crippen molar-refractivity contribution in [3.8, 4) is 5.75 Å². The molecule has 0 radical (unpaired) electrons. The Morgan fingerprint density at radius 2 is 2.24 bits per heavy atom. The number of carbonyl (C=O) groups is 1. The van der Waals surface area contributed by atoms with E-state index in [-0.39, 0.29) is 5.75 Å². The highest BCUT2D eigenvalue weighted by Crippen LogP contribution is 2.27. The number of benzene rings is 1. The number of rotatable bonds is 6. The van der Waals surface area contributed by atoms with Gasteiger partial charge in [-0.25, -0.2) is 0 Å². The molecule has 5 heteroatoms. The standard InChI is InChI=1S/C12H16ClNO3/c1-2-3-6-14-11(12(16)17)9-7-8(13)4-5-10(9)15/h4-5,7,11,14-15H,2-3,6H2,1H3,(H,16,17). The summed E-state index contributed by atoms with van der Waals surface area (Å²) in [5.74, 6) is -1.09. The van der Waals surface area contributed by atoms with Crippen molar-refractivity contribution < 1.29 is 15.0 Å². The number of hydrogen-bond acceptors (Lipinski definition) is 3. The molecule has 4 nitrogen and oxygen atoms in total. The molecule has 0 fully saturated rings. The fraction of sp³-hybridized carbons (Fsp3) is 0.417. The lowest BCUT2D eigenvalue weighted by Gasteiger charge is -2.16. The Hall–Kier alpha value is -1.26. The number of halogens is 1. The molecule has 1 aromatic carbocycles. The molecule has 0 aliphatic rings. The summed E-state index contributed by atoms with van der Waals surface area (Å²) in [4.78, 5) is 11.1. The van der Waals surface area contributed by atoms with Crippen LogP contribution in [-0.4, -0.2) is 22.7 Å². The lowest BCUT2D eigenvalue weighted by atomic mass is 10.1. The predicted molar refractivity (Wildman–Crippen MR) is 66.4 cm³/mol. The zero-order chi connectivity index (χ0) is 12.8. The van der Waals surface area contributed by atoms with Gasteiger partial charge in [0, 0.05) is 10.6 Å². The number of carboxylic acids is 1. The van der Waals surface area contributed by atoms with Gasteiger partial charge in [-0.3, -0.25) is 4.79 Å². The second kappa shape index (κ2) is 6.47. The second-order valence-corrected chi connectivity index (χ2v) is 4.22. The highest BCUT2D eigenvalue weighted by atomic mass is 35.5. The smallest absolute Gasteiger partial charge is 0.325 e. The van der Waals surface area contributed by atoms with Gasteiger partial charge in [0.05, 0.1) is 0 Å². The maximum atomic E-state index is 11.1. The van der Waals surface area contributed by atoms with Crippen LogP contribution < -0.4 is 5.32 Å². The van der Waals surface area contributed by atoms with E-state index in [4.69, 9.17) is 16.7 Å². The van der Waals surface area contributed by atoms with Gasteiger partial charge in [0.15, 0.2) is 0 Å². The maximum absolute atomic E-state index is 11.1. The summed E-state index contributed by atoms with van der Waals surface area (Å²) < 4.78 is 0. The Balaban J connectivity index is 2.89. The van der Waals surface area contributed by atoms with Gasteiger partial charge in [-0.1, -0.05) is 24.9 Å². The van der Waals surface area contributed by atoms with E-state index in [2.05, 4.69) is 5.32 Å². The summed E-state index contributed by atoms with van der Waals surface area (Å²) in [6, 6.07) is 3.45. The number of carboxylic acid groups (broad SMARTS) is 1. The zero-order valence-corrected chi connectivity index (χ0v) is 10.4. The summed E-state index contributed by atoms with van der Waals surface area (Å²) in [6.07, 6.45) is 1.85. The van der Waals surface area contributed by atoms with E-state index in [1.165, 1.54) is 18.2 Å². The van der Waals surface area contributed by atoms with Crippen LogP contribution in [-0.2, 0) is 4.79 Å². The summed E-state index contributed by atoms with van der Waals surface area (Å²) in [6.45, 7) is 2.60. The zero-order valence-electron chi connectivity index (χ0n) is 9.61. The molecule has 1 unspecified atom stereocenters. The van der Waals surface area contributed by atoms with Crippen molar-refractivity contribution in [3.63, 3.8) is 0 Å². The van der Waals surface area contributed by atoms with Crippen molar-refractivity contribution in [2.24, 2.45) is 0 Å². The van der Waals surface area contributed by atoms with Gasteiger partial charge >= 0.3 is 5.97 Å². The Bertz CT molecular complexity index is 395. The molecule has 0 aliphatic heterocycles. The monoisotopic (exact) mass is 257 g/mol. The van der Waals surface area contributed by atoms with Crippen molar-refractivity contribution in [1.82, 2.24) is 5.32 Å².